The van der Waals surface area contributed by atoms with E-state index in [1.54, 1.807) is 25.1 Å². The summed E-state index contributed by atoms with van der Waals surface area (Å²) in [4.78, 5) is 0. The van der Waals surface area contributed by atoms with Gasteiger partial charge >= 0.3 is 0 Å². The van der Waals surface area contributed by atoms with Gasteiger partial charge in [-0.15, -0.1) is 0 Å². The Kier molecular flexibility index (Phi) is 3.61. The van der Waals surface area contributed by atoms with Crippen molar-refractivity contribution in [2.45, 2.75) is 18.9 Å². The van der Waals surface area contributed by atoms with Crippen LogP contribution in [0.2, 0.25) is 0 Å². The monoisotopic (exact) mass is 198 g/mol. The SMILES string of the molecule is COC(C)(CO)Cc1ccccc1F. The predicted octanol–water partition coefficient (Wildman–Crippen LogP) is 1.77. The second-order valence-corrected chi connectivity index (χ2v) is 3.58. The average molecular weight is 198 g/mol. The minimum Gasteiger partial charge on any atom is -0.393 e. The lowest BCUT2D eigenvalue weighted by Gasteiger charge is -2.25. The fraction of sp³-hybridized carbons (Fsp3) is 0.455. The molecule has 0 aliphatic heterocycles. The van der Waals surface area contributed by atoms with Gasteiger partial charge in [0, 0.05) is 13.5 Å². The first-order chi connectivity index (χ1) is 6.61. The van der Waals surface area contributed by atoms with E-state index in [2.05, 4.69) is 0 Å². The van der Waals surface area contributed by atoms with Crippen molar-refractivity contribution >= 4 is 0 Å². The van der Waals surface area contributed by atoms with Gasteiger partial charge in [0.15, 0.2) is 0 Å². The zero-order valence-corrected chi connectivity index (χ0v) is 8.46. The summed E-state index contributed by atoms with van der Waals surface area (Å²) in [5.74, 6) is -0.260. The Morgan fingerprint density at radius 2 is 2.07 bits per heavy atom. The van der Waals surface area contributed by atoms with Crippen LogP contribution < -0.4 is 0 Å². The molecule has 1 N–H and O–H groups in total. The molecule has 0 aliphatic carbocycles. The lowest BCUT2D eigenvalue weighted by atomic mass is 9.97. The van der Waals surface area contributed by atoms with Gasteiger partial charge in [0.1, 0.15) is 5.82 Å². The quantitative estimate of drug-likeness (QED) is 0.798. The smallest absolute Gasteiger partial charge is 0.126 e. The van der Waals surface area contributed by atoms with Crippen molar-refractivity contribution in [1.82, 2.24) is 0 Å². The lowest BCUT2D eigenvalue weighted by molar-refractivity contribution is -0.0373. The van der Waals surface area contributed by atoms with Gasteiger partial charge in [-0.3, -0.25) is 0 Å². The Bertz CT molecular complexity index is 295. The lowest BCUT2D eigenvalue weighted by Crippen LogP contribution is -2.34. The van der Waals surface area contributed by atoms with Crippen LogP contribution in [0.1, 0.15) is 12.5 Å². The molecule has 0 saturated heterocycles. The Hall–Kier alpha value is -0.930. The molecule has 0 spiro atoms. The van der Waals surface area contributed by atoms with Gasteiger partial charge in [-0.05, 0) is 18.6 Å². The zero-order chi connectivity index (χ0) is 10.6. The second-order valence-electron chi connectivity index (χ2n) is 3.58. The Balaban J connectivity index is 2.82. The van der Waals surface area contributed by atoms with Gasteiger partial charge in [0.05, 0.1) is 12.2 Å². The molecule has 0 bridgehead atoms. The van der Waals surface area contributed by atoms with Gasteiger partial charge in [0.2, 0.25) is 0 Å². The molecule has 0 saturated carbocycles. The summed E-state index contributed by atoms with van der Waals surface area (Å²) in [6, 6.07) is 6.51. The molecule has 0 heterocycles. The van der Waals surface area contributed by atoms with Crippen LogP contribution in [0.3, 0.4) is 0 Å². The number of benzene rings is 1. The molecule has 3 heteroatoms. The molecule has 78 valence electrons. The molecule has 2 nitrogen and oxygen atoms in total. The number of aliphatic hydroxyl groups is 1. The summed E-state index contributed by atoms with van der Waals surface area (Å²) in [5.41, 5.74) is -0.145. The summed E-state index contributed by atoms with van der Waals surface area (Å²) in [6.07, 6.45) is 0.368. The van der Waals surface area contributed by atoms with Crippen molar-refractivity contribution < 1.29 is 14.2 Å². The van der Waals surface area contributed by atoms with E-state index in [1.807, 2.05) is 0 Å². The third-order valence-electron chi connectivity index (χ3n) is 2.35. The highest BCUT2D eigenvalue weighted by atomic mass is 19.1. The van der Waals surface area contributed by atoms with E-state index in [-0.39, 0.29) is 12.4 Å². The molecule has 1 rings (SSSR count). The van der Waals surface area contributed by atoms with Gasteiger partial charge < -0.3 is 9.84 Å². The maximum absolute atomic E-state index is 13.3. The summed E-state index contributed by atoms with van der Waals surface area (Å²) in [6.45, 7) is 1.62. The molecule has 1 unspecified atom stereocenters. The van der Waals surface area contributed by atoms with E-state index in [0.29, 0.717) is 12.0 Å². The largest absolute Gasteiger partial charge is 0.393 e. The van der Waals surface area contributed by atoms with E-state index >= 15 is 0 Å². The third kappa shape index (κ3) is 2.53. The first-order valence-corrected chi connectivity index (χ1v) is 4.51. The van der Waals surface area contributed by atoms with Crippen LogP contribution >= 0.6 is 0 Å². The number of aliphatic hydroxyl groups excluding tert-OH is 1. The van der Waals surface area contributed by atoms with E-state index in [4.69, 9.17) is 9.84 Å². The third-order valence-corrected chi connectivity index (χ3v) is 2.35. The van der Waals surface area contributed by atoms with E-state index in [0.717, 1.165) is 0 Å². The van der Waals surface area contributed by atoms with E-state index < -0.39 is 5.60 Å². The van der Waals surface area contributed by atoms with Crippen molar-refractivity contribution in [1.29, 1.82) is 0 Å². The van der Waals surface area contributed by atoms with Gasteiger partial charge in [0.25, 0.3) is 0 Å². The number of hydrogen-bond acceptors (Lipinski definition) is 2. The number of ether oxygens (including phenoxy) is 1. The fourth-order valence-electron chi connectivity index (χ4n) is 1.24. The second kappa shape index (κ2) is 4.53. The van der Waals surface area contributed by atoms with E-state index in [1.165, 1.54) is 13.2 Å². The molecule has 0 radical (unpaired) electrons. The van der Waals surface area contributed by atoms with Crippen LogP contribution in [0.5, 0.6) is 0 Å². The maximum Gasteiger partial charge on any atom is 0.126 e. The minimum atomic E-state index is -0.706. The molecule has 1 atom stereocenters. The molecular formula is C11H15FO2. The normalized spacial score (nSPS) is 15.1. The van der Waals surface area contributed by atoms with Gasteiger partial charge in [-0.1, -0.05) is 18.2 Å². The molecular weight excluding hydrogens is 183 g/mol. The predicted molar refractivity (Wildman–Crippen MR) is 52.6 cm³/mol. The molecule has 0 aromatic heterocycles. The standard InChI is InChI=1S/C11H15FO2/c1-11(8-13,14-2)7-9-5-3-4-6-10(9)12/h3-6,13H,7-8H2,1-2H3. The van der Waals surface area contributed by atoms with Crippen LogP contribution in [0.15, 0.2) is 24.3 Å². The molecule has 0 fully saturated rings. The zero-order valence-electron chi connectivity index (χ0n) is 8.46. The van der Waals surface area contributed by atoms with Crippen LogP contribution in [-0.2, 0) is 11.2 Å². The topological polar surface area (TPSA) is 29.5 Å². The van der Waals surface area contributed by atoms with Crippen molar-refractivity contribution in [2.75, 3.05) is 13.7 Å². The van der Waals surface area contributed by atoms with Gasteiger partial charge in [-0.25, -0.2) is 4.39 Å². The molecule has 0 amide bonds. The summed E-state index contributed by atoms with van der Waals surface area (Å²) in [5, 5.41) is 9.09. The van der Waals surface area contributed by atoms with Crippen LogP contribution in [0.25, 0.3) is 0 Å². The summed E-state index contributed by atoms with van der Waals surface area (Å²) >= 11 is 0. The maximum atomic E-state index is 13.3. The number of rotatable bonds is 4. The van der Waals surface area contributed by atoms with E-state index in [9.17, 15) is 4.39 Å². The van der Waals surface area contributed by atoms with Crippen LogP contribution in [-0.4, -0.2) is 24.4 Å². The Morgan fingerprint density at radius 3 is 2.57 bits per heavy atom. The van der Waals surface area contributed by atoms with Crippen LogP contribution in [0.4, 0.5) is 4.39 Å². The molecule has 1 aromatic rings. The van der Waals surface area contributed by atoms with Crippen molar-refractivity contribution in [3.05, 3.63) is 35.6 Å². The average Bonchev–Trinajstić information content (AvgIpc) is 2.21. The Labute approximate surface area is 83.3 Å². The first-order valence-electron chi connectivity index (χ1n) is 4.51. The highest BCUT2D eigenvalue weighted by molar-refractivity contribution is 5.19. The van der Waals surface area contributed by atoms with Crippen LogP contribution in [0, 0.1) is 5.82 Å². The summed E-state index contributed by atoms with van der Waals surface area (Å²) < 4.78 is 18.4. The van der Waals surface area contributed by atoms with Crippen molar-refractivity contribution in [2.24, 2.45) is 0 Å². The number of hydrogen-bond donors (Lipinski definition) is 1. The number of methoxy groups -OCH3 is 1. The minimum absolute atomic E-state index is 0.127. The summed E-state index contributed by atoms with van der Waals surface area (Å²) in [7, 11) is 1.51. The highest BCUT2D eigenvalue weighted by Crippen LogP contribution is 2.18. The fourth-order valence-corrected chi connectivity index (χ4v) is 1.24. The first kappa shape index (κ1) is 11.1. The van der Waals surface area contributed by atoms with Crippen molar-refractivity contribution in [3.63, 3.8) is 0 Å². The van der Waals surface area contributed by atoms with Crippen molar-refractivity contribution in [3.8, 4) is 0 Å². The Morgan fingerprint density at radius 1 is 1.43 bits per heavy atom. The molecule has 14 heavy (non-hydrogen) atoms. The van der Waals surface area contributed by atoms with Gasteiger partial charge in [-0.2, -0.15) is 0 Å². The number of halogens is 1. The molecule has 0 aliphatic rings. The highest BCUT2D eigenvalue weighted by Gasteiger charge is 2.24. The molecule has 1 aromatic carbocycles.